The molecule has 2 aliphatic rings. The molecule has 2 aromatic rings. The van der Waals surface area contributed by atoms with Gasteiger partial charge in [0.05, 0.1) is 23.8 Å². The van der Waals surface area contributed by atoms with Crippen LogP contribution >= 0.6 is 23.1 Å². The maximum absolute atomic E-state index is 12.9. The fourth-order valence-electron chi connectivity index (χ4n) is 3.53. The topological polar surface area (TPSA) is 109 Å². The van der Waals surface area contributed by atoms with Crippen LogP contribution in [0.5, 0.6) is 0 Å². The van der Waals surface area contributed by atoms with E-state index < -0.39 is 5.92 Å². The van der Waals surface area contributed by atoms with Crippen LogP contribution in [-0.2, 0) is 4.79 Å². The molecule has 0 aromatic carbocycles. The zero-order valence-electron chi connectivity index (χ0n) is 14.9. The number of hydrogen-bond acceptors (Lipinski definition) is 9. The number of nitrogens with two attached hydrogens (primary N) is 1. The molecule has 2 N–H and O–H groups in total. The number of nitriles is 1. The van der Waals surface area contributed by atoms with Crippen molar-refractivity contribution in [2.24, 2.45) is 5.73 Å². The zero-order valence-corrected chi connectivity index (χ0v) is 16.6. The van der Waals surface area contributed by atoms with Gasteiger partial charge < -0.3 is 10.2 Å². The summed E-state index contributed by atoms with van der Waals surface area (Å²) in [5.41, 5.74) is 8.08. The summed E-state index contributed by atoms with van der Waals surface area (Å²) >= 11 is 2.90. The number of carbonyl (C=O) groups excluding carboxylic acids is 1. The minimum absolute atomic E-state index is 0.0127. The van der Waals surface area contributed by atoms with Gasteiger partial charge >= 0.3 is 0 Å². The number of rotatable bonds is 5. The molecule has 0 fully saturated rings. The third-order valence-electron chi connectivity index (χ3n) is 4.65. The summed E-state index contributed by atoms with van der Waals surface area (Å²) < 4.78 is 6.33. The van der Waals surface area contributed by atoms with E-state index in [2.05, 4.69) is 22.8 Å². The lowest BCUT2D eigenvalue weighted by molar-refractivity contribution is -0.116. The van der Waals surface area contributed by atoms with Crippen molar-refractivity contribution in [3.05, 3.63) is 59.5 Å². The van der Waals surface area contributed by atoms with Crippen molar-refractivity contribution in [2.45, 2.75) is 29.5 Å². The Bertz CT molecular complexity index is 1030. The number of aromatic nitrogens is 2. The van der Waals surface area contributed by atoms with E-state index in [4.69, 9.17) is 10.2 Å². The minimum atomic E-state index is -0.582. The van der Waals surface area contributed by atoms with Crippen LogP contribution in [0.1, 0.15) is 30.9 Å². The van der Waals surface area contributed by atoms with Crippen LogP contribution in [0.3, 0.4) is 0 Å². The number of furan rings is 1. The molecule has 1 atom stereocenters. The third-order valence-corrected chi connectivity index (χ3v) is 6.69. The summed E-state index contributed by atoms with van der Waals surface area (Å²) in [6, 6.07) is 5.71. The lowest BCUT2D eigenvalue weighted by Crippen LogP contribution is -2.38. The Hall–Kier alpha value is -2.83. The number of thioether (sulfide) groups is 1. The molecule has 4 rings (SSSR count). The van der Waals surface area contributed by atoms with Crippen LogP contribution in [0.4, 0.5) is 5.13 Å². The molecule has 1 aliphatic carbocycles. The molecule has 28 heavy (non-hydrogen) atoms. The Morgan fingerprint density at radius 1 is 1.50 bits per heavy atom. The van der Waals surface area contributed by atoms with Gasteiger partial charge in [0.15, 0.2) is 10.1 Å². The number of nitrogens with zero attached hydrogens (tertiary/aromatic N) is 4. The molecule has 9 heteroatoms. The first kappa shape index (κ1) is 18.5. The molecule has 0 amide bonds. The van der Waals surface area contributed by atoms with E-state index in [0.29, 0.717) is 34.9 Å². The Kier molecular flexibility index (Phi) is 5.07. The predicted octanol–water partition coefficient (Wildman–Crippen LogP) is 3.71. The van der Waals surface area contributed by atoms with Gasteiger partial charge in [0.2, 0.25) is 5.13 Å². The van der Waals surface area contributed by atoms with Crippen LogP contribution in [0, 0.1) is 11.3 Å². The van der Waals surface area contributed by atoms with Crippen molar-refractivity contribution >= 4 is 34.0 Å². The van der Waals surface area contributed by atoms with Crippen molar-refractivity contribution < 1.29 is 9.21 Å². The largest absolute Gasteiger partial charge is 0.468 e. The summed E-state index contributed by atoms with van der Waals surface area (Å²) in [7, 11) is 0. The molecule has 1 unspecified atom stereocenters. The van der Waals surface area contributed by atoms with Gasteiger partial charge in [0, 0.05) is 23.4 Å². The van der Waals surface area contributed by atoms with Crippen LogP contribution in [0.15, 0.2) is 62.5 Å². The van der Waals surface area contributed by atoms with Gasteiger partial charge in [-0.05, 0) is 25.0 Å². The van der Waals surface area contributed by atoms with E-state index in [1.165, 1.54) is 29.4 Å². The second-order valence-corrected chi connectivity index (χ2v) is 8.50. The molecule has 7 nitrogen and oxygen atoms in total. The van der Waals surface area contributed by atoms with E-state index in [0.717, 1.165) is 22.2 Å². The molecule has 3 heterocycles. The molecule has 0 saturated heterocycles. The fourth-order valence-corrected chi connectivity index (χ4v) is 5.17. The SMILES string of the molecule is C=CCSc1nnc(N2C(N)=C(C#N)C(c3ccco3)C3=C2CCCC3=O)s1. The minimum Gasteiger partial charge on any atom is -0.468 e. The highest BCUT2D eigenvalue weighted by atomic mass is 32.2. The molecule has 0 saturated carbocycles. The van der Waals surface area contributed by atoms with Gasteiger partial charge in [0.25, 0.3) is 0 Å². The Morgan fingerprint density at radius 2 is 2.36 bits per heavy atom. The summed E-state index contributed by atoms with van der Waals surface area (Å²) in [5, 5.41) is 18.9. The Morgan fingerprint density at radius 3 is 3.07 bits per heavy atom. The van der Waals surface area contributed by atoms with Crippen molar-refractivity contribution in [2.75, 3.05) is 10.7 Å². The first-order chi connectivity index (χ1) is 13.7. The molecule has 0 radical (unpaired) electrons. The number of allylic oxidation sites excluding steroid dienone is 3. The number of carbonyl (C=O) groups is 1. The Labute approximate surface area is 170 Å². The molecular formula is C19H17N5O2S2. The van der Waals surface area contributed by atoms with Gasteiger partial charge in [-0.15, -0.1) is 16.8 Å². The maximum Gasteiger partial charge on any atom is 0.219 e. The quantitative estimate of drug-likeness (QED) is 0.586. The Balaban J connectivity index is 1.86. The van der Waals surface area contributed by atoms with Gasteiger partial charge in [-0.2, -0.15) is 5.26 Å². The normalized spacial score (nSPS) is 19.6. The number of anilines is 1. The number of Topliss-reactive ketones (excluding diaryl/α,β-unsaturated/α-hetero) is 1. The summed E-state index contributed by atoms with van der Waals surface area (Å²) in [5.74, 6) is 0.964. The van der Waals surface area contributed by atoms with Crippen LogP contribution in [-0.4, -0.2) is 21.7 Å². The van der Waals surface area contributed by atoms with Crippen LogP contribution in [0.2, 0.25) is 0 Å². The molecule has 1 aliphatic heterocycles. The lowest BCUT2D eigenvalue weighted by Gasteiger charge is -2.37. The second-order valence-electron chi connectivity index (χ2n) is 6.28. The molecule has 0 bridgehead atoms. The number of hydrogen-bond donors (Lipinski definition) is 1. The average molecular weight is 412 g/mol. The molecule has 142 valence electrons. The first-order valence-electron chi connectivity index (χ1n) is 8.72. The smallest absolute Gasteiger partial charge is 0.219 e. The number of ketones is 1. The van der Waals surface area contributed by atoms with E-state index in [9.17, 15) is 10.1 Å². The predicted molar refractivity (Wildman–Crippen MR) is 107 cm³/mol. The fraction of sp³-hybridized carbons (Fsp3) is 0.263. The summed E-state index contributed by atoms with van der Waals surface area (Å²) in [6.45, 7) is 3.71. The van der Waals surface area contributed by atoms with Crippen molar-refractivity contribution in [3.63, 3.8) is 0 Å². The zero-order chi connectivity index (χ0) is 19.7. The molecule has 0 spiro atoms. The maximum atomic E-state index is 12.9. The van der Waals surface area contributed by atoms with E-state index >= 15 is 0 Å². The van der Waals surface area contributed by atoms with Gasteiger partial charge in [-0.1, -0.05) is 29.2 Å². The monoisotopic (exact) mass is 411 g/mol. The summed E-state index contributed by atoms with van der Waals surface area (Å²) in [6.07, 6.45) is 5.17. The molecule has 2 aromatic heterocycles. The van der Waals surface area contributed by atoms with Crippen molar-refractivity contribution in [3.8, 4) is 6.07 Å². The van der Waals surface area contributed by atoms with Gasteiger partial charge in [-0.3, -0.25) is 9.69 Å². The van der Waals surface area contributed by atoms with E-state index in [1.807, 2.05) is 0 Å². The van der Waals surface area contributed by atoms with Gasteiger partial charge in [0.1, 0.15) is 11.6 Å². The van der Waals surface area contributed by atoms with E-state index in [-0.39, 0.29) is 11.6 Å². The average Bonchev–Trinajstić information content (AvgIpc) is 3.38. The molecular weight excluding hydrogens is 394 g/mol. The van der Waals surface area contributed by atoms with Crippen molar-refractivity contribution in [1.29, 1.82) is 5.26 Å². The lowest BCUT2D eigenvalue weighted by atomic mass is 9.78. The highest BCUT2D eigenvalue weighted by molar-refractivity contribution is 8.01. The highest BCUT2D eigenvalue weighted by Gasteiger charge is 2.42. The highest BCUT2D eigenvalue weighted by Crippen LogP contribution is 2.47. The van der Waals surface area contributed by atoms with Crippen molar-refractivity contribution in [1.82, 2.24) is 10.2 Å². The van der Waals surface area contributed by atoms with Crippen LogP contribution < -0.4 is 10.6 Å². The van der Waals surface area contributed by atoms with E-state index in [1.54, 1.807) is 23.1 Å². The standard InChI is InChI=1S/C19H17N5O2S2/c1-2-9-27-19-23-22-18(28-19)24-12-5-3-6-13(25)16(12)15(11(10-20)17(24)21)14-7-4-8-26-14/h2,4,7-8,15H,1,3,5-6,9,21H2. The van der Waals surface area contributed by atoms with Gasteiger partial charge in [-0.25, -0.2) is 0 Å². The first-order valence-corrected chi connectivity index (χ1v) is 10.5. The summed E-state index contributed by atoms with van der Waals surface area (Å²) in [4.78, 5) is 14.6. The second kappa shape index (κ2) is 7.66. The third kappa shape index (κ3) is 3.04. The van der Waals surface area contributed by atoms with Crippen LogP contribution in [0.25, 0.3) is 0 Å².